The number of amides is 1. The second-order valence-electron chi connectivity index (χ2n) is 6.64. The number of ether oxygens (including phenoxy) is 2. The molecule has 1 aliphatic carbocycles. The first-order valence-electron chi connectivity index (χ1n) is 8.93. The van der Waals surface area contributed by atoms with E-state index in [1.54, 1.807) is 19.2 Å². The predicted octanol–water partition coefficient (Wildman–Crippen LogP) is 3.69. The lowest BCUT2D eigenvalue weighted by Gasteiger charge is -2.26. The number of hydrogen-bond donors (Lipinski definition) is 2. The van der Waals surface area contributed by atoms with Gasteiger partial charge in [0.1, 0.15) is 0 Å². The van der Waals surface area contributed by atoms with Gasteiger partial charge in [-0.25, -0.2) is 0 Å². The maximum Gasteiger partial charge on any atom is 0.251 e. The zero-order valence-corrected chi connectivity index (χ0v) is 16.3. The minimum absolute atomic E-state index is 0. The Bertz CT molecular complexity index is 556. The molecule has 1 fully saturated rings. The summed E-state index contributed by atoms with van der Waals surface area (Å²) in [5, 5.41) is 2.92. The van der Waals surface area contributed by atoms with Crippen LogP contribution >= 0.6 is 12.4 Å². The Labute approximate surface area is 157 Å². The van der Waals surface area contributed by atoms with E-state index in [9.17, 15) is 4.79 Å². The summed E-state index contributed by atoms with van der Waals surface area (Å²) in [7, 11) is 1.59. The predicted molar refractivity (Wildman–Crippen MR) is 103 cm³/mol. The minimum atomic E-state index is -0.356. The van der Waals surface area contributed by atoms with Gasteiger partial charge in [0.15, 0.2) is 11.5 Å². The third-order valence-corrected chi connectivity index (χ3v) is 5.03. The van der Waals surface area contributed by atoms with Crippen molar-refractivity contribution >= 4 is 18.3 Å². The number of benzene rings is 1. The van der Waals surface area contributed by atoms with Gasteiger partial charge in [0.05, 0.1) is 13.2 Å². The fraction of sp³-hybridized carbons (Fsp3) is 0.632. The molecule has 0 heterocycles. The number of halogens is 1. The first-order chi connectivity index (χ1) is 11.5. The van der Waals surface area contributed by atoms with Crippen LogP contribution in [-0.4, -0.2) is 31.2 Å². The van der Waals surface area contributed by atoms with Crippen molar-refractivity contribution in [2.75, 3.05) is 13.7 Å². The van der Waals surface area contributed by atoms with E-state index in [1.807, 2.05) is 19.9 Å². The largest absolute Gasteiger partial charge is 0.493 e. The number of methoxy groups -OCH3 is 1. The summed E-state index contributed by atoms with van der Waals surface area (Å²) >= 11 is 0. The molecule has 1 aliphatic rings. The van der Waals surface area contributed by atoms with Gasteiger partial charge >= 0.3 is 0 Å². The summed E-state index contributed by atoms with van der Waals surface area (Å²) < 4.78 is 11.4. The maximum atomic E-state index is 12.4. The molecule has 0 aliphatic heterocycles. The van der Waals surface area contributed by atoms with Crippen LogP contribution in [0.4, 0.5) is 0 Å². The molecule has 2 rings (SSSR count). The van der Waals surface area contributed by atoms with Crippen LogP contribution in [0.2, 0.25) is 0 Å². The van der Waals surface area contributed by atoms with Gasteiger partial charge in [0.25, 0.3) is 5.91 Å². The molecule has 0 spiro atoms. The van der Waals surface area contributed by atoms with Crippen molar-refractivity contribution in [1.82, 2.24) is 5.32 Å². The molecule has 1 amide bonds. The first kappa shape index (κ1) is 21.6. The maximum absolute atomic E-state index is 12.4. The Kier molecular flexibility index (Phi) is 8.53. The van der Waals surface area contributed by atoms with Crippen LogP contribution in [0.1, 0.15) is 62.7 Å². The second-order valence-corrected chi connectivity index (χ2v) is 6.64. The summed E-state index contributed by atoms with van der Waals surface area (Å²) in [6, 6.07) is 5.33. The number of nitrogens with two attached hydrogens (primary N) is 1. The molecule has 1 aromatic carbocycles. The summed E-state index contributed by atoms with van der Waals surface area (Å²) in [5.74, 6) is 1.16. The highest BCUT2D eigenvalue weighted by molar-refractivity contribution is 5.94. The number of carbonyl (C=O) groups is 1. The van der Waals surface area contributed by atoms with Gasteiger partial charge in [-0.1, -0.05) is 13.8 Å². The molecule has 142 valence electrons. The van der Waals surface area contributed by atoms with Crippen LogP contribution in [0.15, 0.2) is 18.2 Å². The van der Waals surface area contributed by atoms with E-state index in [4.69, 9.17) is 15.2 Å². The minimum Gasteiger partial charge on any atom is -0.493 e. The Balaban J connectivity index is 0.00000312. The Morgan fingerprint density at radius 2 is 1.88 bits per heavy atom. The number of carbonyl (C=O) groups excluding carboxylic acids is 1. The quantitative estimate of drug-likeness (QED) is 0.732. The molecule has 6 heteroatoms. The van der Waals surface area contributed by atoms with E-state index >= 15 is 0 Å². The number of hydrogen-bond acceptors (Lipinski definition) is 4. The fourth-order valence-electron chi connectivity index (χ4n) is 2.95. The van der Waals surface area contributed by atoms with Crippen LogP contribution in [0.5, 0.6) is 11.5 Å². The molecular formula is C19H31ClN2O3. The van der Waals surface area contributed by atoms with Crippen molar-refractivity contribution in [3.05, 3.63) is 23.8 Å². The van der Waals surface area contributed by atoms with Gasteiger partial charge in [0.2, 0.25) is 0 Å². The average molecular weight is 371 g/mol. The molecule has 1 saturated carbocycles. The summed E-state index contributed by atoms with van der Waals surface area (Å²) in [4.78, 5) is 12.4. The van der Waals surface area contributed by atoms with Crippen molar-refractivity contribution in [3.63, 3.8) is 0 Å². The average Bonchev–Trinajstić information content (AvgIpc) is 3.12. The van der Waals surface area contributed by atoms with Gasteiger partial charge in [-0.3, -0.25) is 4.79 Å². The number of rotatable bonds is 8. The third-order valence-electron chi connectivity index (χ3n) is 5.03. The SMILES string of the molecule is CCC(N)(CC)CNC(=O)c1ccc(OC2CCCC2)c(OC)c1.Cl. The van der Waals surface area contributed by atoms with Crippen molar-refractivity contribution in [2.45, 2.75) is 64.0 Å². The molecule has 0 bridgehead atoms. The monoisotopic (exact) mass is 370 g/mol. The van der Waals surface area contributed by atoms with Crippen LogP contribution in [0, 0.1) is 0 Å². The van der Waals surface area contributed by atoms with E-state index in [-0.39, 0.29) is 30.0 Å². The van der Waals surface area contributed by atoms with Crippen molar-refractivity contribution in [2.24, 2.45) is 5.73 Å². The van der Waals surface area contributed by atoms with E-state index in [0.717, 1.165) is 25.7 Å². The highest BCUT2D eigenvalue weighted by Gasteiger charge is 2.22. The topological polar surface area (TPSA) is 73.6 Å². The van der Waals surface area contributed by atoms with E-state index in [2.05, 4.69) is 5.32 Å². The molecule has 0 aromatic heterocycles. The van der Waals surface area contributed by atoms with E-state index < -0.39 is 0 Å². The van der Waals surface area contributed by atoms with Crippen LogP contribution in [0.3, 0.4) is 0 Å². The summed E-state index contributed by atoms with van der Waals surface area (Å²) in [5.41, 5.74) is 6.43. The molecule has 0 unspecified atom stereocenters. The third kappa shape index (κ3) is 5.79. The molecule has 0 radical (unpaired) electrons. The van der Waals surface area contributed by atoms with Gasteiger partial charge in [-0.05, 0) is 56.7 Å². The second kappa shape index (κ2) is 9.88. The number of nitrogens with one attached hydrogen (secondary N) is 1. The van der Waals surface area contributed by atoms with Crippen LogP contribution in [-0.2, 0) is 0 Å². The lowest BCUT2D eigenvalue weighted by Crippen LogP contribution is -2.49. The van der Waals surface area contributed by atoms with Crippen molar-refractivity contribution < 1.29 is 14.3 Å². The van der Waals surface area contributed by atoms with Crippen LogP contribution < -0.4 is 20.5 Å². The Morgan fingerprint density at radius 1 is 1.24 bits per heavy atom. The van der Waals surface area contributed by atoms with Gasteiger partial charge < -0.3 is 20.5 Å². The molecule has 0 saturated heterocycles. The Morgan fingerprint density at radius 3 is 2.44 bits per heavy atom. The first-order valence-corrected chi connectivity index (χ1v) is 8.93. The highest BCUT2D eigenvalue weighted by atomic mass is 35.5. The standard InChI is InChI=1S/C19H30N2O3.ClH/c1-4-19(20,5-2)13-21-18(22)14-10-11-16(17(12-14)23-3)24-15-8-6-7-9-15;/h10-12,15H,4-9,13,20H2,1-3H3,(H,21,22);1H. The zero-order valence-electron chi connectivity index (χ0n) is 15.5. The molecule has 25 heavy (non-hydrogen) atoms. The van der Waals surface area contributed by atoms with E-state index in [1.165, 1.54) is 12.8 Å². The lowest BCUT2D eigenvalue weighted by atomic mass is 9.94. The highest BCUT2D eigenvalue weighted by Crippen LogP contribution is 2.32. The molecule has 1 aromatic rings. The van der Waals surface area contributed by atoms with Crippen LogP contribution in [0.25, 0.3) is 0 Å². The Hall–Kier alpha value is -1.46. The fourth-order valence-corrected chi connectivity index (χ4v) is 2.95. The van der Waals surface area contributed by atoms with Crippen molar-refractivity contribution in [1.29, 1.82) is 0 Å². The summed E-state index contributed by atoms with van der Waals surface area (Å²) in [6.07, 6.45) is 6.48. The van der Waals surface area contributed by atoms with Crippen molar-refractivity contribution in [3.8, 4) is 11.5 Å². The molecular weight excluding hydrogens is 340 g/mol. The smallest absolute Gasteiger partial charge is 0.251 e. The van der Waals surface area contributed by atoms with E-state index in [0.29, 0.717) is 23.6 Å². The normalized spacial score (nSPS) is 14.7. The molecule has 5 nitrogen and oxygen atoms in total. The molecule has 3 N–H and O–H groups in total. The van der Waals surface area contributed by atoms with Gasteiger partial charge in [-0.15, -0.1) is 12.4 Å². The van der Waals surface area contributed by atoms with Gasteiger partial charge in [0, 0.05) is 17.6 Å². The molecule has 0 atom stereocenters. The zero-order chi connectivity index (χ0) is 17.6. The lowest BCUT2D eigenvalue weighted by molar-refractivity contribution is 0.0941. The van der Waals surface area contributed by atoms with Gasteiger partial charge in [-0.2, -0.15) is 0 Å². The summed E-state index contributed by atoms with van der Waals surface area (Å²) in [6.45, 7) is 4.53.